The molecular formula is C52H56N4. The third-order valence-electron chi connectivity index (χ3n) is 9.60. The first kappa shape index (κ1) is 41.1. The average Bonchev–Trinajstić information content (AvgIpc) is 3.88. The number of aryl methyl sites for hydroxylation is 2. The van der Waals surface area contributed by atoms with Gasteiger partial charge in [-0.3, -0.25) is 5.32 Å². The molecule has 1 aromatic heterocycles. The van der Waals surface area contributed by atoms with Gasteiger partial charge in [0, 0.05) is 16.5 Å². The van der Waals surface area contributed by atoms with E-state index in [2.05, 4.69) is 175 Å². The van der Waals surface area contributed by atoms with Gasteiger partial charge in [-0.25, -0.2) is 10.9 Å². The zero-order valence-electron chi connectivity index (χ0n) is 33.4. The summed E-state index contributed by atoms with van der Waals surface area (Å²) in [4.78, 5) is 0. The highest BCUT2D eigenvalue weighted by Crippen LogP contribution is 2.36. The molecule has 0 radical (unpaired) electrons. The Labute approximate surface area is 334 Å². The molecule has 284 valence electrons. The third kappa shape index (κ3) is 10.2. The highest BCUT2D eigenvalue weighted by Gasteiger charge is 2.28. The van der Waals surface area contributed by atoms with E-state index < -0.39 is 0 Å². The lowest BCUT2D eigenvalue weighted by molar-refractivity contribution is 0.555. The Morgan fingerprint density at radius 3 is 1.86 bits per heavy atom. The number of rotatable bonds is 5. The molecule has 7 aromatic rings. The molecule has 2 heterocycles. The highest BCUT2D eigenvalue weighted by molar-refractivity contribution is 6.13. The van der Waals surface area contributed by atoms with Gasteiger partial charge in [-0.15, -0.1) is 0 Å². The molecule has 1 fully saturated rings. The minimum absolute atomic E-state index is 0.0993. The predicted octanol–water partition coefficient (Wildman–Crippen LogP) is 13.1. The lowest BCUT2D eigenvalue weighted by Crippen LogP contribution is -2.36. The highest BCUT2D eigenvalue weighted by atomic mass is 15.5. The first-order valence-electron chi connectivity index (χ1n) is 19.6. The summed E-state index contributed by atoms with van der Waals surface area (Å²) in [6.45, 7) is 18.2. The van der Waals surface area contributed by atoms with Gasteiger partial charge in [-0.1, -0.05) is 185 Å². The Bertz CT molecular complexity index is 2390. The van der Waals surface area contributed by atoms with Crippen molar-refractivity contribution in [2.24, 2.45) is 0 Å². The zero-order chi connectivity index (χ0) is 39.7. The summed E-state index contributed by atoms with van der Waals surface area (Å²) in [5.41, 5.74) is 17.3. The van der Waals surface area contributed by atoms with Crippen LogP contribution in [-0.2, 0) is 6.42 Å². The van der Waals surface area contributed by atoms with Crippen LogP contribution < -0.4 is 16.2 Å². The molecule has 0 spiro atoms. The van der Waals surface area contributed by atoms with Crippen LogP contribution in [0, 0.1) is 6.92 Å². The van der Waals surface area contributed by atoms with Crippen molar-refractivity contribution < 1.29 is 0 Å². The van der Waals surface area contributed by atoms with E-state index in [1.54, 1.807) is 18.2 Å². The van der Waals surface area contributed by atoms with Crippen LogP contribution in [0.5, 0.6) is 0 Å². The van der Waals surface area contributed by atoms with Crippen LogP contribution in [0.3, 0.4) is 0 Å². The SMILES string of the molecule is C1=C(C2NNC(c3ccccc3)N2)CCc2ccc(-n3c4ccccc4c4cc5ccccc5cc43)cc21.C=C/C=C\C.C=CC=C.CC.Cc1ccccc1. The molecule has 0 bridgehead atoms. The number of benzene rings is 6. The number of fused-ring (bicyclic) bond motifs is 5. The van der Waals surface area contributed by atoms with Crippen LogP contribution in [0.2, 0.25) is 0 Å². The molecule has 2 atom stereocenters. The standard InChI is InChI=1S/C34H28N4.C7H8.C5H8.C4H6.C2H6/c1-2-8-23(9-3-1)33-35-34(37-36-33)26-15-14-22-16-17-28(19-27(22)18-26)38-31-13-7-6-12-29(31)30-20-24-10-4-5-11-25(24)21-32(30)38;1-7-5-3-2-4-6-7;1-3-5-4-2;1-3-4-2;1-2/h1-13,16-21,33-37H,14-15H2;2-6H,1H3;3-5H,1H2,2H3;3-4H,1-2H2;1-2H3/b;;5-4-;;. The van der Waals surface area contributed by atoms with Gasteiger partial charge in [0.1, 0.15) is 0 Å². The van der Waals surface area contributed by atoms with Crippen molar-refractivity contribution in [1.82, 2.24) is 20.7 Å². The van der Waals surface area contributed by atoms with Crippen molar-refractivity contribution in [3.63, 3.8) is 0 Å². The van der Waals surface area contributed by atoms with E-state index in [-0.39, 0.29) is 12.3 Å². The van der Waals surface area contributed by atoms with Gasteiger partial charge in [0.2, 0.25) is 0 Å². The molecule has 1 saturated heterocycles. The van der Waals surface area contributed by atoms with E-state index >= 15 is 0 Å². The van der Waals surface area contributed by atoms with Crippen LogP contribution in [0.4, 0.5) is 0 Å². The molecule has 4 nitrogen and oxygen atoms in total. The van der Waals surface area contributed by atoms with E-state index in [1.165, 1.54) is 66.1 Å². The van der Waals surface area contributed by atoms with Crippen molar-refractivity contribution in [2.45, 2.75) is 52.9 Å². The lowest BCUT2D eigenvalue weighted by Gasteiger charge is -2.22. The molecule has 56 heavy (non-hydrogen) atoms. The van der Waals surface area contributed by atoms with Crippen LogP contribution in [-0.4, -0.2) is 10.7 Å². The smallest absolute Gasteiger partial charge is 0.0978 e. The van der Waals surface area contributed by atoms with Gasteiger partial charge in [-0.2, -0.15) is 0 Å². The monoisotopic (exact) mass is 736 g/mol. The van der Waals surface area contributed by atoms with E-state index in [4.69, 9.17) is 0 Å². The van der Waals surface area contributed by atoms with Crippen molar-refractivity contribution >= 4 is 38.7 Å². The molecule has 1 aliphatic heterocycles. The van der Waals surface area contributed by atoms with Gasteiger partial charge in [-0.05, 0) is 90.1 Å². The minimum Gasteiger partial charge on any atom is -0.309 e. The maximum absolute atomic E-state index is 3.72. The van der Waals surface area contributed by atoms with Crippen LogP contribution in [0.15, 0.2) is 195 Å². The number of nitrogens with one attached hydrogen (secondary N) is 3. The predicted molar refractivity (Wildman–Crippen MR) is 245 cm³/mol. The average molecular weight is 737 g/mol. The molecule has 2 aliphatic rings. The summed E-state index contributed by atoms with van der Waals surface area (Å²) in [6.07, 6.45) is 13.5. The minimum atomic E-state index is 0.0993. The fraction of sp³-hybridized carbons (Fsp3) is 0.154. The number of hydrogen-bond donors (Lipinski definition) is 3. The number of aromatic nitrogens is 1. The Hall–Kier alpha value is -6.04. The van der Waals surface area contributed by atoms with Crippen molar-refractivity contribution in [3.8, 4) is 5.69 Å². The van der Waals surface area contributed by atoms with Gasteiger partial charge in [0.05, 0.1) is 23.4 Å². The second-order valence-corrected chi connectivity index (χ2v) is 13.3. The van der Waals surface area contributed by atoms with E-state index in [9.17, 15) is 0 Å². The van der Waals surface area contributed by atoms with Gasteiger partial charge < -0.3 is 4.57 Å². The zero-order valence-corrected chi connectivity index (χ0v) is 33.4. The van der Waals surface area contributed by atoms with Crippen molar-refractivity contribution in [3.05, 3.63) is 217 Å². The Morgan fingerprint density at radius 1 is 0.607 bits per heavy atom. The van der Waals surface area contributed by atoms with Crippen LogP contribution in [0.25, 0.3) is 44.3 Å². The molecule has 4 heteroatoms. The Kier molecular flexibility index (Phi) is 15.5. The molecular weight excluding hydrogens is 681 g/mol. The van der Waals surface area contributed by atoms with Crippen LogP contribution >= 0.6 is 0 Å². The largest absolute Gasteiger partial charge is 0.309 e. The number of allylic oxidation sites excluding steroid dienone is 5. The van der Waals surface area contributed by atoms with E-state index in [0.717, 1.165) is 12.8 Å². The third-order valence-corrected chi connectivity index (χ3v) is 9.60. The number of para-hydroxylation sites is 1. The lowest BCUT2D eigenvalue weighted by atomic mass is 9.90. The first-order valence-corrected chi connectivity index (χ1v) is 19.6. The quantitative estimate of drug-likeness (QED) is 0.154. The molecule has 3 N–H and O–H groups in total. The summed E-state index contributed by atoms with van der Waals surface area (Å²) in [7, 11) is 0. The molecule has 9 rings (SSSR count). The van der Waals surface area contributed by atoms with Gasteiger partial charge in [0.15, 0.2) is 0 Å². The summed E-state index contributed by atoms with van der Waals surface area (Å²) in [6, 6.07) is 49.9. The number of hydrogen-bond acceptors (Lipinski definition) is 3. The first-order chi connectivity index (χ1) is 27.5. The Morgan fingerprint density at radius 2 is 1.23 bits per heavy atom. The topological polar surface area (TPSA) is 41.0 Å². The van der Waals surface area contributed by atoms with E-state index in [0.29, 0.717) is 0 Å². The van der Waals surface area contributed by atoms with E-state index in [1.807, 2.05) is 51.1 Å². The van der Waals surface area contributed by atoms with Gasteiger partial charge in [0.25, 0.3) is 0 Å². The fourth-order valence-electron chi connectivity index (χ4n) is 6.91. The molecule has 2 unspecified atom stereocenters. The summed E-state index contributed by atoms with van der Waals surface area (Å²) in [5, 5.41) is 8.85. The molecule has 6 aromatic carbocycles. The Balaban J connectivity index is 0.000000280. The van der Waals surface area contributed by atoms with Crippen molar-refractivity contribution in [2.75, 3.05) is 0 Å². The number of hydrazine groups is 1. The van der Waals surface area contributed by atoms with Crippen LogP contribution in [0.1, 0.15) is 55.6 Å². The maximum atomic E-state index is 3.72. The second kappa shape index (κ2) is 21.2. The summed E-state index contributed by atoms with van der Waals surface area (Å²) >= 11 is 0. The molecule has 1 aliphatic carbocycles. The summed E-state index contributed by atoms with van der Waals surface area (Å²) in [5.74, 6) is 0. The summed E-state index contributed by atoms with van der Waals surface area (Å²) < 4.78 is 2.43. The molecule has 0 amide bonds. The van der Waals surface area contributed by atoms with Gasteiger partial charge >= 0.3 is 0 Å². The fourth-order valence-corrected chi connectivity index (χ4v) is 6.91. The second-order valence-electron chi connectivity index (χ2n) is 13.3. The molecule has 0 saturated carbocycles. The number of nitrogens with zero attached hydrogens (tertiary/aromatic N) is 1. The maximum Gasteiger partial charge on any atom is 0.0978 e. The normalized spacial score (nSPS) is 15.4. The van der Waals surface area contributed by atoms with Crippen molar-refractivity contribution in [1.29, 1.82) is 0 Å².